The average molecular weight is 247 g/mol. The second kappa shape index (κ2) is 4.83. The Balaban J connectivity index is 2.55. The molecular formula is C13H13NO4. The predicted molar refractivity (Wildman–Crippen MR) is 66.3 cm³/mol. The number of rotatable bonds is 4. The molecule has 2 N–H and O–H groups in total. The fraction of sp³-hybridized carbons (Fsp3) is 0.154. The van der Waals surface area contributed by atoms with Gasteiger partial charge in [-0.05, 0) is 17.7 Å². The lowest BCUT2D eigenvalue weighted by atomic mass is 10.0. The normalized spacial score (nSPS) is 10.1. The highest BCUT2D eigenvalue weighted by molar-refractivity contribution is 5.96. The van der Waals surface area contributed by atoms with E-state index in [1.54, 1.807) is 38.6 Å². The monoisotopic (exact) mass is 247 g/mol. The minimum atomic E-state index is -0.979. The van der Waals surface area contributed by atoms with Crippen LogP contribution in [-0.4, -0.2) is 30.3 Å². The Bertz CT molecular complexity index is 552. The fourth-order valence-corrected chi connectivity index (χ4v) is 1.74. The zero-order valence-electron chi connectivity index (χ0n) is 10.1. The number of benzene rings is 1. The number of aromatic amines is 1. The summed E-state index contributed by atoms with van der Waals surface area (Å²) in [6, 6.07) is 5.26. The van der Waals surface area contributed by atoms with Crippen LogP contribution in [0.25, 0.3) is 11.1 Å². The van der Waals surface area contributed by atoms with Gasteiger partial charge in [-0.1, -0.05) is 0 Å². The first-order valence-corrected chi connectivity index (χ1v) is 5.29. The van der Waals surface area contributed by atoms with Crippen molar-refractivity contribution in [3.05, 3.63) is 36.2 Å². The van der Waals surface area contributed by atoms with Crippen molar-refractivity contribution in [1.29, 1.82) is 0 Å². The Morgan fingerprint density at radius 2 is 1.72 bits per heavy atom. The van der Waals surface area contributed by atoms with Crippen LogP contribution in [0.4, 0.5) is 0 Å². The van der Waals surface area contributed by atoms with E-state index >= 15 is 0 Å². The Hall–Kier alpha value is -2.43. The van der Waals surface area contributed by atoms with E-state index in [9.17, 15) is 4.79 Å². The van der Waals surface area contributed by atoms with Crippen molar-refractivity contribution in [2.45, 2.75) is 0 Å². The van der Waals surface area contributed by atoms with Crippen LogP contribution in [0.2, 0.25) is 0 Å². The van der Waals surface area contributed by atoms with Crippen molar-refractivity contribution in [2.24, 2.45) is 0 Å². The first-order valence-electron chi connectivity index (χ1n) is 5.29. The minimum Gasteiger partial charge on any atom is -0.497 e. The minimum absolute atomic E-state index is 0.213. The van der Waals surface area contributed by atoms with Crippen LogP contribution in [-0.2, 0) is 0 Å². The van der Waals surface area contributed by atoms with Crippen molar-refractivity contribution in [2.75, 3.05) is 14.2 Å². The zero-order chi connectivity index (χ0) is 13.1. The van der Waals surface area contributed by atoms with Gasteiger partial charge in [0, 0.05) is 24.0 Å². The first kappa shape index (κ1) is 12.0. The first-order chi connectivity index (χ1) is 8.65. The van der Waals surface area contributed by atoms with Crippen LogP contribution in [0.15, 0.2) is 30.6 Å². The van der Waals surface area contributed by atoms with E-state index in [1.165, 1.54) is 6.20 Å². The second-order valence-electron chi connectivity index (χ2n) is 3.69. The molecule has 94 valence electrons. The van der Waals surface area contributed by atoms with Crippen molar-refractivity contribution in [3.63, 3.8) is 0 Å². The maximum atomic E-state index is 11.1. The third-order valence-electron chi connectivity index (χ3n) is 2.64. The van der Waals surface area contributed by atoms with Crippen molar-refractivity contribution < 1.29 is 19.4 Å². The highest BCUT2D eigenvalue weighted by Gasteiger charge is 2.14. The van der Waals surface area contributed by atoms with E-state index in [0.29, 0.717) is 17.1 Å². The van der Waals surface area contributed by atoms with Crippen LogP contribution < -0.4 is 9.47 Å². The Morgan fingerprint density at radius 1 is 1.11 bits per heavy atom. The molecule has 1 aromatic carbocycles. The molecule has 0 saturated carbocycles. The highest BCUT2D eigenvalue weighted by atomic mass is 16.5. The maximum absolute atomic E-state index is 11.1. The number of ether oxygens (including phenoxy) is 2. The van der Waals surface area contributed by atoms with Crippen LogP contribution >= 0.6 is 0 Å². The fourth-order valence-electron chi connectivity index (χ4n) is 1.74. The summed E-state index contributed by atoms with van der Waals surface area (Å²) >= 11 is 0. The third kappa shape index (κ3) is 2.15. The van der Waals surface area contributed by atoms with Crippen molar-refractivity contribution >= 4 is 5.97 Å². The van der Waals surface area contributed by atoms with Gasteiger partial charge in [0.05, 0.1) is 19.8 Å². The number of methoxy groups -OCH3 is 2. The van der Waals surface area contributed by atoms with Crippen molar-refractivity contribution in [3.8, 4) is 22.6 Å². The van der Waals surface area contributed by atoms with E-state index in [2.05, 4.69) is 4.98 Å². The molecule has 0 amide bonds. The largest absolute Gasteiger partial charge is 0.497 e. The molecule has 0 aliphatic rings. The number of carboxylic acid groups (broad SMARTS) is 1. The third-order valence-corrected chi connectivity index (χ3v) is 2.64. The lowest BCUT2D eigenvalue weighted by Gasteiger charge is -2.08. The molecule has 0 radical (unpaired) electrons. The average Bonchev–Trinajstić information content (AvgIpc) is 2.87. The number of nitrogens with one attached hydrogen (secondary N) is 1. The Labute approximate surface area is 104 Å². The standard InChI is InChI=1S/C13H13NO4/c1-17-9-3-8(4-10(5-9)18-2)11-6-14-7-12(11)13(15)16/h3-7,14H,1-2H3,(H,15,16). The van der Waals surface area contributed by atoms with Crippen LogP contribution in [0, 0.1) is 0 Å². The molecule has 0 aliphatic heterocycles. The molecule has 5 nitrogen and oxygen atoms in total. The van der Waals surface area contributed by atoms with E-state index < -0.39 is 5.97 Å². The molecule has 0 aliphatic carbocycles. The summed E-state index contributed by atoms with van der Waals surface area (Å²) in [6.45, 7) is 0. The molecule has 0 bridgehead atoms. The van der Waals surface area contributed by atoms with Gasteiger partial charge in [0.1, 0.15) is 11.5 Å². The van der Waals surface area contributed by atoms with Gasteiger partial charge >= 0.3 is 5.97 Å². The summed E-state index contributed by atoms with van der Waals surface area (Å²) < 4.78 is 10.3. The Morgan fingerprint density at radius 3 is 2.22 bits per heavy atom. The zero-order valence-corrected chi connectivity index (χ0v) is 10.1. The lowest BCUT2D eigenvalue weighted by molar-refractivity contribution is 0.0698. The molecule has 2 aromatic rings. The van der Waals surface area contributed by atoms with Gasteiger partial charge in [-0.3, -0.25) is 0 Å². The number of hydrogen-bond donors (Lipinski definition) is 2. The molecule has 1 heterocycles. The van der Waals surface area contributed by atoms with Gasteiger partial charge < -0.3 is 19.6 Å². The van der Waals surface area contributed by atoms with Crippen molar-refractivity contribution in [1.82, 2.24) is 4.98 Å². The van der Waals surface area contributed by atoms with Crippen LogP contribution in [0.1, 0.15) is 10.4 Å². The molecule has 0 unspecified atom stereocenters. The van der Waals surface area contributed by atoms with Gasteiger partial charge in [-0.15, -0.1) is 0 Å². The summed E-state index contributed by atoms with van der Waals surface area (Å²) in [7, 11) is 3.10. The topological polar surface area (TPSA) is 71.5 Å². The van der Waals surface area contributed by atoms with Gasteiger partial charge in [-0.2, -0.15) is 0 Å². The number of carbonyl (C=O) groups is 1. The molecule has 5 heteroatoms. The van der Waals surface area contributed by atoms with E-state index in [1.807, 2.05) is 0 Å². The summed E-state index contributed by atoms with van der Waals surface area (Å²) in [4.78, 5) is 13.9. The molecule has 18 heavy (non-hydrogen) atoms. The quantitative estimate of drug-likeness (QED) is 0.870. The molecular weight excluding hydrogens is 234 g/mol. The second-order valence-corrected chi connectivity index (χ2v) is 3.69. The summed E-state index contributed by atoms with van der Waals surface area (Å²) in [5, 5.41) is 9.09. The van der Waals surface area contributed by atoms with Crippen LogP contribution in [0.3, 0.4) is 0 Å². The van der Waals surface area contributed by atoms with Gasteiger partial charge in [0.15, 0.2) is 0 Å². The summed E-state index contributed by atoms with van der Waals surface area (Å²) in [6.07, 6.45) is 3.08. The number of H-pyrrole nitrogens is 1. The SMILES string of the molecule is COc1cc(OC)cc(-c2c[nH]cc2C(=O)O)c1. The molecule has 0 saturated heterocycles. The summed E-state index contributed by atoms with van der Waals surface area (Å²) in [5.74, 6) is 0.247. The molecule has 0 atom stereocenters. The smallest absolute Gasteiger partial charge is 0.337 e. The van der Waals surface area contributed by atoms with Gasteiger partial charge in [-0.25, -0.2) is 4.79 Å². The Kier molecular flexibility index (Phi) is 3.23. The lowest BCUT2D eigenvalue weighted by Crippen LogP contribution is -1.96. The van der Waals surface area contributed by atoms with E-state index in [4.69, 9.17) is 14.6 Å². The predicted octanol–water partition coefficient (Wildman–Crippen LogP) is 2.40. The van der Waals surface area contributed by atoms with Crippen LogP contribution in [0.5, 0.6) is 11.5 Å². The molecule has 0 spiro atoms. The molecule has 0 fully saturated rings. The number of hydrogen-bond acceptors (Lipinski definition) is 3. The highest BCUT2D eigenvalue weighted by Crippen LogP contribution is 2.31. The summed E-state index contributed by atoms with van der Waals surface area (Å²) in [5.41, 5.74) is 1.54. The maximum Gasteiger partial charge on any atom is 0.337 e. The van der Waals surface area contributed by atoms with E-state index in [-0.39, 0.29) is 5.56 Å². The van der Waals surface area contributed by atoms with Gasteiger partial charge in [0.2, 0.25) is 0 Å². The molecule has 2 rings (SSSR count). The number of aromatic carboxylic acids is 1. The number of carboxylic acids is 1. The van der Waals surface area contributed by atoms with E-state index in [0.717, 1.165) is 5.56 Å². The molecule has 1 aromatic heterocycles. The van der Waals surface area contributed by atoms with Gasteiger partial charge in [0.25, 0.3) is 0 Å². The number of aromatic nitrogens is 1.